The van der Waals surface area contributed by atoms with Gasteiger partial charge in [-0.15, -0.1) is 0 Å². The molecule has 0 amide bonds. The van der Waals surface area contributed by atoms with Crippen molar-refractivity contribution < 1.29 is 13.9 Å². The minimum absolute atomic E-state index is 0.0990. The molecule has 0 heterocycles. The second-order valence-corrected chi connectivity index (χ2v) is 5.04. The Morgan fingerprint density at radius 1 is 1.12 bits per heavy atom. The first-order valence-corrected chi connectivity index (χ1v) is 6.30. The van der Waals surface area contributed by atoms with Crippen molar-refractivity contribution in [2.75, 3.05) is 0 Å². The highest BCUT2D eigenvalue weighted by atomic mass is 35.5. The molecule has 1 aromatic carbocycles. The molecule has 1 nitrogen and oxygen atoms in total. The number of hydrogen-bond donors (Lipinski definition) is 1. The molecule has 1 fully saturated rings. The van der Waals surface area contributed by atoms with Crippen LogP contribution in [0, 0.1) is 17.6 Å². The van der Waals surface area contributed by atoms with Gasteiger partial charge in [-0.3, -0.25) is 0 Å². The summed E-state index contributed by atoms with van der Waals surface area (Å²) in [6.45, 7) is 0. The van der Waals surface area contributed by atoms with Crippen molar-refractivity contribution in [1.82, 2.24) is 0 Å². The molecule has 1 saturated carbocycles. The minimum atomic E-state index is -0.977. The van der Waals surface area contributed by atoms with Crippen LogP contribution in [0.3, 0.4) is 0 Å². The van der Waals surface area contributed by atoms with Gasteiger partial charge in [-0.1, -0.05) is 30.9 Å². The zero-order chi connectivity index (χ0) is 12.4. The molecular formula is C13H15ClF2O. The van der Waals surface area contributed by atoms with Crippen LogP contribution in [0.25, 0.3) is 0 Å². The van der Waals surface area contributed by atoms with Gasteiger partial charge in [0.15, 0.2) is 11.6 Å². The molecule has 4 heteroatoms. The Morgan fingerprint density at radius 3 is 2.35 bits per heavy atom. The molecule has 0 saturated heterocycles. The summed E-state index contributed by atoms with van der Waals surface area (Å²) in [6.07, 6.45) is 4.35. The molecule has 1 unspecified atom stereocenters. The van der Waals surface area contributed by atoms with Gasteiger partial charge in [0.2, 0.25) is 0 Å². The predicted molar refractivity (Wildman–Crippen MR) is 62.9 cm³/mol. The van der Waals surface area contributed by atoms with Crippen LogP contribution in [0.4, 0.5) is 8.78 Å². The normalized spacial score (nSPS) is 19.3. The smallest absolute Gasteiger partial charge is 0.160 e. The van der Waals surface area contributed by atoms with Crippen molar-refractivity contribution >= 4 is 11.6 Å². The molecule has 1 aliphatic rings. The lowest BCUT2D eigenvalue weighted by Gasteiger charge is -2.27. The van der Waals surface area contributed by atoms with Crippen molar-refractivity contribution in [3.05, 3.63) is 34.4 Å². The Morgan fingerprint density at radius 2 is 1.71 bits per heavy atom. The highest BCUT2D eigenvalue weighted by Crippen LogP contribution is 2.37. The summed E-state index contributed by atoms with van der Waals surface area (Å²) in [6, 6.07) is 1.94. The van der Waals surface area contributed by atoms with Gasteiger partial charge >= 0.3 is 0 Å². The van der Waals surface area contributed by atoms with Crippen molar-refractivity contribution in [1.29, 1.82) is 0 Å². The predicted octanol–water partition coefficient (Wildman–Crippen LogP) is 4.23. The molecule has 0 bridgehead atoms. The van der Waals surface area contributed by atoms with Gasteiger partial charge in [0.1, 0.15) is 0 Å². The third kappa shape index (κ3) is 2.78. The highest BCUT2D eigenvalue weighted by Gasteiger charge is 2.25. The van der Waals surface area contributed by atoms with E-state index in [1.165, 1.54) is 6.42 Å². The minimum Gasteiger partial charge on any atom is -0.388 e. The van der Waals surface area contributed by atoms with Crippen LogP contribution in [0.15, 0.2) is 12.1 Å². The standard InChI is InChI=1S/C13H15ClF2O/c14-10-7-12(16)11(15)6-9(10)13(17)8-4-2-1-3-5-8/h6-8,13,17H,1-5H2. The fourth-order valence-electron chi connectivity index (χ4n) is 2.47. The van der Waals surface area contributed by atoms with E-state index in [2.05, 4.69) is 0 Å². The second kappa shape index (κ2) is 5.32. The first-order chi connectivity index (χ1) is 8.09. The summed E-state index contributed by atoms with van der Waals surface area (Å²) in [4.78, 5) is 0. The molecule has 0 spiro atoms. The molecule has 2 rings (SSSR count). The van der Waals surface area contributed by atoms with Crippen LogP contribution >= 0.6 is 11.6 Å². The van der Waals surface area contributed by atoms with E-state index < -0.39 is 17.7 Å². The van der Waals surface area contributed by atoms with Crippen molar-refractivity contribution in [3.8, 4) is 0 Å². The Hall–Kier alpha value is -0.670. The number of benzene rings is 1. The Balaban J connectivity index is 2.23. The number of hydrogen-bond acceptors (Lipinski definition) is 1. The van der Waals surface area contributed by atoms with Crippen LogP contribution in [0.1, 0.15) is 43.8 Å². The molecule has 0 aliphatic heterocycles. The molecule has 17 heavy (non-hydrogen) atoms. The van der Waals surface area contributed by atoms with Gasteiger partial charge in [-0.05, 0) is 30.9 Å². The number of aliphatic hydroxyl groups excluding tert-OH is 1. The third-order valence-electron chi connectivity index (χ3n) is 3.45. The van der Waals surface area contributed by atoms with Crippen molar-refractivity contribution in [2.24, 2.45) is 5.92 Å². The summed E-state index contributed by atoms with van der Waals surface area (Å²) < 4.78 is 26.1. The van der Waals surface area contributed by atoms with E-state index >= 15 is 0 Å². The van der Waals surface area contributed by atoms with Crippen molar-refractivity contribution in [2.45, 2.75) is 38.2 Å². The Kier molecular flexibility index (Phi) is 4.00. The molecule has 1 atom stereocenters. The van der Waals surface area contributed by atoms with Gasteiger partial charge in [0, 0.05) is 10.6 Å². The van der Waals surface area contributed by atoms with E-state index in [4.69, 9.17) is 11.6 Å². The number of aliphatic hydroxyl groups is 1. The Labute approximate surface area is 104 Å². The molecule has 1 aliphatic carbocycles. The topological polar surface area (TPSA) is 20.2 Å². The largest absolute Gasteiger partial charge is 0.388 e. The first kappa shape index (κ1) is 12.8. The first-order valence-electron chi connectivity index (χ1n) is 5.92. The van der Waals surface area contributed by atoms with Gasteiger partial charge in [-0.2, -0.15) is 0 Å². The Bertz CT molecular complexity index is 403. The lowest BCUT2D eigenvalue weighted by Crippen LogP contribution is -2.16. The van der Waals surface area contributed by atoms with Gasteiger partial charge in [0.05, 0.1) is 6.10 Å². The lowest BCUT2D eigenvalue weighted by atomic mass is 9.83. The summed E-state index contributed by atoms with van der Waals surface area (Å²) in [5, 5.41) is 10.3. The fourth-order valence-corrected chi connectivity index (χ4v) is 2.73. The van der Waals surface area contributed by atoms with Crippen LogP contribution < -0.4 is 0 Å². The maximum absolute atomic E-state index is 13.1. The summed E-state index contributed by atoms with van der Waals surface area (Å²) in [7, 11) is 0. The zero-order valence-corrected chi connectivity index (χ0v) is 10.2. The van der Waals surface area contributed by atoms with E-state index in [-0.39, 0.29) is 10.9 Å². The molecule has 1 N–H and O–H groups in total. The number of rotatable bonds is 2. The SMILES string of the molecule is OC(c1cc(F)c(F)cc1Cl)C1CCCCC1. The average molecular weight is 261 g/mol. The zero-order valence-electron chi connectivity index (χ0n) is 9.43. The van der Waals surface area contributed by atoms with Crippen LogP contribution in [-0.2, 0) is 0 Å². The monoisotopic (exact) mass is 260 g/mol. The molecular weight excluding hydrogens is 246 g/mol. The molecule has 94 valence electrons. The van der Waals surface area contributed by atoms with Crippen LogP contribution in [0.5, 0.6) is 0 Å². The van der Waals surface area contributed by atoms with E-state index in [0.29, 0.717) is 5.56 Å². The van der Waals surface area contributed by atoms with Gasteiger partial charge in [-0.25, -0.2) is 8.78 Å². The average Bonchev–Trinajstić information content (AvgIpc) is 2.34. The molecule has 0 radical (unpaired) electrons. The highest BCUT2D eigenvalue weighted by molar-refractivity contribution is 6.31. The van der Waals surface area contributed by atoms with E-state index in [1.807, 2.05) is 0 Å². The van der Waals surface area contributed by atoms with E-state index in [9.17, 15) is 13.9 Å². The van der Waals surface area contributed by atoms with Crippen LogP contribution in [0.2, 0.25) is 5.02 Å². The van der Waals surface area contributed by atoms with Crippen LogP contribution in [-0.4, -0.2) is 5.11 Å². The fraction of sp³-hybridized carbons (Fsp3) is 0.538. The summed E-state index contributed by atoms with van der Waals surface area (Å²) in [5.41, 5.74) is 0.303. The van der Waals surface area contributed by atoms with E-state index in [1.54, 1.807) is 0 Å². The number of halogens is 3. The second-order valence-electron chi connectivity index (χ2n) is 4.63. The summed E-state index contributed by atoms with van der Waals surface area (Å²) >= 11 is 5.85. The maximum Gasteiger partial charge on any atom is 0.160 e. The van der Waals surface area contributed by atoms with Gasteiger partial charge < -0.3 is 5.11 Å². The third-order valence-corrected chi connectivity index (χ3v) is 3.78. The van der Waals surface area contributed by atoms with Crippen molar-refractivity contribution in [3.63, 3.8) is 0 Å². The molecule has 1 aromatic rings. The van der Waals surface area contributed by atoms with Gasteiger partial charge in [0.25, 0.3) is 0 Å². The molecule has 0 aromatic heterocycles. The summed E-state index contributed by atoms with van der Waals surface area (Å²) in [5.74, 6) is -1.83. The lowest BCUT2D eigenvalue weighted by molar-refractivity contribution is 0.0845. The quantitative estimate of drug-likeness (QED) is 0.789. The van der Waals surface area contributed by atoms with E-state index in [0.717, 1.165) is 37.8 Å². The maximum atomic E-state index is 13.1.